The molecule has 218 valence electrons. The molecule has 3 amide bonds. The van der Waals surface area contributed by atoms with Crippen LogP contribution >= 0.6 is 8.60 Å². The Labute approximate surface area is 207 Å². The lowest BCUT2D eigenvalue weighted by Gasteiger charge is -2.30. The topological polar surface area (TPSA) is 115 Å². The van der Waals surface area contributed by atoms with E-state index >= 15 is 0 Å². The summed E-state index contributed by atoms with van der Waals surface area (Å²) < 4.78 is 130. The SMILES string of the molecule is CCCC(NC(=O)C(F)(F)F)OP(OC(CCC)NC(=O)C(F)(F)F)OC(CCC)NC(=O)C(F)(F)F. The maximum atomic E-state index is 12.7. The van der Waals surface area contributed by atoms with Gasteiger partial charge >= 0.3 is 44.9 Å². The summed E-state index contributed by atoms with van der Waals surface area (Å²) >= 11 is 0. The van der Waals surface area contributed by atoms with Crippen molar-refractivity contribution in [3.05, 3.63) is 0 Å². The second-order valence-electron chi connectivity index (χ2n) is 7.29. The molecule has 0 aromatic heterocycles. The van der Waals surface area contributed by atoms with Crippen molar-refractivity contribution in [1.82, 2.24) is 16.0 Å². The standard InChI is InChI=1S/C18H27F9N3O6P/c1-4-7-10(28-13(31)16(19,20)21)34-37(35-11(8-5-2)29-14(32)17(22,23)24)36-12(9-6-3)30-15(33)18(25,26)27/h10-12H,4-9H2,1-3H3,(H,28,31)(H,29,32)(H,30,33). The zero-order valence-corrected chi connectivity index (χ0v) is 20.7. The summed E-state index contributed by atoms with van der Waals surface area (Å²) in [6.07, 6.45) is -22.1. The third-order valence-corrected chi connectivity index (χ3v) is 5.22. The van der Waals surface area contributed by atoms with Crippen LogP contribution in [0.4, 0.5) is 39.5 Å². The van der Waals surface area contributed by atoms with Crippen molar-refractivity contribution in [2.75, 3.05) is 0 Å². The van der Waals surface area contributed by atoms with Crippen molar-refractivity contribution in [3.63, 3.8) is 0 Å². The molecule has 3 N–H and O–H groups in total. The number of nitrogens with one attached hydrogen (secondary N) is 3. The van der Waals surface area contributed by atoms with Gasteiger partial charge in [-0.3, -0.25) is 28.0 Å². The average molecular weight is 583 g/mol. The van der Waals surface area contributed by atoms with Gasteiger partial charge in [-0.2, -0.15) is 39.5 Å². The fourth-order valence-electron chi connectivity index (χ4n) is 2.31. The van der Waals surface area contributed by atoms with Gasteiger partial charge in [-0.05, 0) is 19.3 Å². The molecule has 0 aliphatic carbocycles. The number of amides is 3. The summed E-state index contributed by atoms with van der Waals surface area (Å²) in [4.78, 5) is 34.0. The minimum atomic E-state index is -5.35. The van der Waals surface area contributed by atoms with Gasteiger partial charge in [-0.15, -0.1) is 0 Å². The first-order valence-electron chi connectivity index (χ1n) is 10.8. The first-order chi connectivity index (χ1) is 16.8. The van der Waals surface area contributed by atoms with Crippen molar-refractivity contribution in [3.8, 4) is 0 Å². The second-order valence-corrected chi connectivity index (χ2v) is 8.37. The quantitative estimate of drug-likeness (QED) is 0.147. The van der Waals surface area contributed by atoms with E-state index in [1.807, 2.05) is 0 Å². The number of carbonyl (C=O) groups is 3. The molecule has 0 heterocycles. The Morgan fingerprint density at radius 1 is 0.568 bits per heavy atom. The Hall–Kier alpha value is -1.91. The van der Waals surface area contributed by atoms with Gasteiger partial charge in [-0.1, -0.05) is 40.0 Å². The highest BCUT2D eigenvalue weighted by atomic mass is 31.2. The van der Waals surface area contributed by atoms with Crippen LogP contribution in [0.1, 0.15) is 59.3 Å². The van der Waals surface area contributed by atoms with E-state index in [1.165, 1.54) is 36.7 Å². The number of carbonyl (C=O) groups excluding carboxylic acids is 3. The maximum absolute atomic E-state index is 12.7. The van der Waals surface area contributed by atoms with Gasteiger partial charge in [0.05, 0.1) is 0 Å². The summed E-state index contributed by atoms with van der Waals surface area (Å²) in [6, 6.07) is 0. The Bertz CT molecular complexity index is 642. The molecule has 0 aliphatic rings. The average Bonchev–Trinajstić information content (AvgIpc) is 2.71. The molecule has 19 heteroatoms. The summed E-state index contributed by atoms with van der Waals surface area (Å²) in [5.74, 6) is -7.36. The monoisotopic (exact) mass is 583 g/mol. The van der Waals surface area contributed by atoms with Crippen LogP contribution in [0.5, 0.6) is 0 Å². The lowest BCUT2D eigenvalue weighted by Crippen LogP contribution is -2.46. The number of rotatable bonds is 15. The number of alkyl halides is 9. The molecule has 0 aromatic rings. The third-order valence-electron chi connectivity index (χ3n) is 3.94. The fourth-order valence-corrected chi connectivity index (χ4v) is 3.56. The lowest BCUT2D eigenvalue weighted by atomic mass is 10.3. The predicted octanol–water partition coefficient (Wildman–Crippen LogP) is 4.68. The molecule has 0 saturated carbocycles. The minimum Gasteiger partial charge on any atom is -0.322 e. The molecule has 3 atom stereocenters. The summed E-state index contributed by atoms with van der Waals surface area (Å²) in [6.45, 7) is 4.40. The Morgan fingerprint density at radius 2 is 0.784 bits per heavy atom. The van der Waals surface area contributed by atoms with E-state index < -0.39 is 63.5 Å². The number of hydrogen-bond acceptors (Lipinski definition) is 6. The predicted molar refractivity (Wildman–Crippen MR) is 109 cm³/mol. The van der Waals surface area contributed by atoms with Crippen molar-refractivity contribution in [2.24, 2.45) is 0 Å². The largest absolute Gasteiger partial charge is 0.471 e. The Morgan fingerprint density at radius 3 is 0.946 bits per heavy atom. The molecule has 0 radical (unpaired) electrons. The lowest BCUT2D eigenvalue weighted by molar-refractivity contribution is -0.178. The molecule has 0 aromatic carbocycles. The van der Waals surface area contributed by atoms with Gasteiger partial charge in [0, 0.05) is 0 Å². The molecule has 37 heavy (non-hydrogen) atoms. The van der Waals surface area contributed by atoms with Gasteiger partial charge in [0.1, 0.15) is 18.7 Å². The zero-order chi connectivity index (χ0) is 29.0. The van der Waals surface area contributed by atoms with Crippen LogP contribution in [0.2, 0.25) is 0 Å². The molecule has 0 bridgehead atoms. The molecule has 3 unspecified atom stereocenters. The number of hydrogen-bond donors (Lipinski definition) is 3. The highest BCUT2D eigenvalue weighted by Gasteiger charge is 2.43. The van der Waals surface area contributed by atoms with E-state index in [4.69, 9.17) is 13.6 Å². The first-order valence-corrected chi connectivity index (χ1v) is 11.9. The molecule has 0 rings (SSSR count). The second kappa shape index (κ2) is 15.5. The van der Waals surface area contributed by atoms with E-state index in [2.05, 4.69) is 0 Å². The molecule has 0 aliphatic heterocycles. The van der Waals surface area contributed by atoms with Crippen LogP contribution in [0.3, 0.4) is 0 Å². The molecule has 9 nitrogen and oxygen atoms in total. The van der Waals surface area contributed by atoms with Gasteiger partial charge < -0.3 is 16.0 Å². The molecule has 0 fully saturated rings. The highest BCUT2D eigenvalue weighted by Crippen LogP contribution is 2.45. The van der Waals surface area contributed by atoms with E-state index in [9.17, 15) is 53.9 Å². The molecule has 0 saturated heterocycles. The third kappa shape index (κ3) is 14.6. The number of halogens is 9. The fraction of sp³-hybridized carbons (Fsp3) is 0.833. The first kappa shape index (κ1) is 35.1. The van der Waals surface area contributed by atoms with E-state index in [1.54, 1.807) is 0 Å². The summed E-state index contributed by atoms with van der Waals surface area (Å²) in [5, 5.41) is 4.39. The van der Waals surface area contributed by atoms with Crippen molar-refractivity contribution in [1.29, 1.82) is 0 Å². The van der Waals surface area contributed by atoms with Crippen molar-refractivity contribution in [2.45, 2.75) is 96.5 Å². The molecular weight excluding hydrogens is 556 g/mol. The van der Waals surface area contributed by atoms with E-state index in [0.29, 0.717) is 0 Å². The van der Waals surface area contributed by atoms with Crippen molar-refractivity contribution < 1.29 is 67.5 Å². The summed E-state index contributed by atoms with van der Waals surface area (Å²) in [5.41, 5.74) is 0. The minimum absolute atomic E-state index is 0.0956. The molecule has 0 spiro atoms. The maximum Gasteiger partial charge on any atom is 0.471 e. The van der Waals surface area contributed by atoms with Crippen LogP contribution in [0, 0.1) is 0 Å². The van der Waals surface area contributed by atoms with Crippen molar-refractivity contribution >= 4 is 26.3 Å². The zero-order valence-electron chi connectivity index (χ0n) is 19.8. The van der Waals surface area contributed by atoms with Gasteiger partial charge in [0.15, 0.2) is 0 Å². The van der Waals surface area contributed by atoms with E-state index in [-0.39, 0.29) is 38.5 Å². The van der Waals surface area contributed by atoms with Gasteiger partial charge in [-0.25, -0.2) is 0 Å². The Balaban J connectivity index is 6.00. The van der Waals surface area contributed by atoms with Crippen LogP contribution in [0.15, 0.2) is 0 Å². The smallest absolute Gasteiger partial charge is 0.322 e. The highest BCUT2D eigenvalue weighted by molar-refractivity contribution is 7.41. The normalized spacial score (nSPS) is 15.9. The van der Waals surface area contributed by atoms with Gasteiger partial charge in [0.2, 0.25) is 0 Å². The van der Waals surface area contributed by atoms with Gasteiger partial charge in [0.25, 0.3) is 0 Å². The van der Waals surface area contributed by atoms with Crippen LogP contribution < -0.4 is 16.0 Å². The van der Waals surface area contributed by atoms with Crippen LogP contribution in [-0.2, 0) is 28.0 Å². The Kier molecular flexibility index (Phi) is 14.7. The van der Waals surface area contributed by atoms with Crippen LogP contribution in [-0.4, -0.2) is 54.9 Å². The van der Waals surface area contributed by atoms with E-state index in [0.717, 1.165) is 0 Å². The molecular formula is C18H27F9N3O6P. The van der Waals surface area contributed by atoms with Crippen LogP contribution in [0.25, 0.3) is 0 Å². The summed E-state index contributed by atoms with van der Waals surface area (Å²) in [7, 11) is -3.16.